The van der Waals surface area contributed by atoms with E-state index in [1.165, 1.54) is 0 Å². The molecule has 0 atom stereocenters. The summed E-state index contributed by atoms with van der Waals surface area (Å²) in [5.41, 5.74) is 0. The van der Waals surface area contributed by atoms with E-state index >= 15 is 0 Å². The first kappa shape index (κ1) is 14.4. The molecule has 0 radical (unpaired) electrons. The van der Waals surface area contributed by atoms with Gasteiger partial charge in [0.2, 0.25) is 0 Å². The molecule has 1 rings (SSSR count). The van der Waals surface area contributed by atoms with Crippen LogP contribution in [0.3, 0.4) is 0 Å². The summed E-state index contributed by atoms with van der Waals surface area (Å²) in [5.74, 6) is 0.651. The first-order valence-corrected chi connectivity index (χ1v) is 6.39. The maximum atomic E-state index is 5.97. The van der Waals surface area contributed by atoms with Crippen LogP contribution in [-0.2, 0) is 0 Å². The summed E-state index contributed by atoms with van der Waals surface area (Å²) in [4.78, 5) is 0. The van der Waals surface area contributed by atoms with Crippen LogP contribution >= 0.6 is 23.2 Å². The molecule has 0 fully saturated rings. The van der Waals surface area contributed by atoms with Gasteiger partial charge in [-0.05, 0) is 31.5 Å². The van der Waals surface area contributed by atoms with Gasteiger partial charge in [0, 0.05) is 17.6 Å². The van der Waals surface area contributed by atoms with Crippen molar-refractivity contribution in [3.63, 3.8) is 0 Å². The zero-order chi connectivity index (χ0) is 12.5. The minimum Gasteiger partial charge on any atom is -0.492 e. The standard InChI is InChI=1S/C13H17Cl2NO/c1-2-7-16-8-3-4-9-17-13-10-11(14)5-6-12(13)15/h2,5-6,10,16H,1,3-4,7-9H2. The molecule has 0 amide bonds. The van der Waals surface area contributed by atoms with Crippen LogP contribution in [0.4, 0.5) is 0 Å². The van der Waals surface area contributed by atoms with Gasteiger partial charge in [-0.3, -0.25) is 0 Å². The van der Waals surface area contributed by atoms with Crippen LogP contribution in [0.1, 0.15) is 12.8 Å². The van der Waals surface area contributed by atoms with Gasteiger partial charge >= 0.3 is 0 Å². The van der Waals surface area contributed by atoms with Crippen molar-refractivity contribution in [1.29, 1.82) is 0 Å². The van der Waals surface area contributed by atoms with Crippen LogP contribution in [0.5, 0.6) is 5.75 Å². The van der Waals surface area contributed by atoms with E-state index < -0.39 is 0 Å². The summed E-state index contributed by atoms with van der Waals surface area (Å²) < 4.78 is 5.56. The molecule has 4 heteroatoms. The van der Waals surface area contributed by atoms with Crippen LogP contribution in [0.25, 0.3) is 0 Å². The molecule has 1 aromatic rings. The maximum Gasteiger partial charge on any atom is 0.139 e. The molecule has 0 bridgehead atoms. The van der Waals surface area contributed by atoms with E-state index in [0.717, 1.165) is 25.9 Å². The number of ether oxygens (including phenoxy) is 1. The molecule has 0 aromatic heterocycles. The van der Waals surface area contributed by atoms with Gasteiger partial charge in [-0.1, -0.05) is 29.3 Å². The minimum absolute atomic E-state index is 0.596. The van der Waals surface area contributed by atoms with E-state index in [1.54, 1.807) is 18.2 Å². The Morgan fingerprint density at radius 2 is 2.12 bits per heavy atom. The molecule has 0 aliphatic rings. The van der Waals surface area contributed by atoms with E-state index in [4.69, 9.17) is 27.9 Å². The summed E-state index contributed by atoms with van der Waals surface area (Å²) >= 11 is 11.8. The van der Waals surface area contributed by atoms with Crippen LogP contribution in [0.15, 0.2) is 30.9 Å². The molecule has 0 heterocycles. The van der Waals surface area contributed by atoms with Gasteiger partial charge in [0.15, 0.2) is 0 Å². The van der Waals surface area contributed by atoms with E-state index in [0.29, 0.717) is 22.4 Å². The summed E-state index contributed by atoms with van der Waals surface area (Å²) in [5, 5.41) is 4.47. The van der Waals surface area contributed by atoms with Crippen molar-refractivity contribution in [1.82, 2.24) is 5.32 Å². The van der Waals surface area contributed by atoms with Gasteiger partial charge in [0.1, 0.15) is 5.75 Å². The van der Waals surface area contributed by atoms with Gasteiger partial charge in [0.25, 0.3) is 0 Å². The lowest BCUT2D eigenvalue weighted by molar-refractivity contribution is 0.306. The Balaban J connectivity index is 2.17. The minimum atomic E-state index is 0.596. The lowest BCUT2D eigenvalue weighted by Crippen LogP contribution is -2.15. The number of hydrogen-bond acceptors (Lipinski definition) is 2. The average molecular weight is 274 g/mol. The Morgan fingerprint density at radius 3 is 2.88 bits per heavy atom. The molecule has 0 aliphatic carbocycles. The normalized spacial score (nSPS) is 10.2. The van der Waals surface area contributed by atoms with E-state index in [1.807, 2.05) is 6.08 Å². The zero-order valence-electron chi connectivity index (χ0n) is 9.72. The molecule has 0 saturated carbocycles. The second-order valence-electron chi connectivity index (χ2n) is 3.62. The van der Waals surface area contributed by atoms with Crippen molar-refractivity contribution in [2.24, 2.45) is 0 Å². The second kappa shape index (κ2) is 8.40. The number of rotatable bonds is 8. The summed E-state index contributed by atoms with van der Waals surface area (Å²) in [6, 6.07) is 5.22. The summed E-state index contributed by atoms with van der Waals surface area (Å²) in [6.45, 7) is 6.11. The third kappa shape index (κ3) is 5.97. The largest absolute Gasteiger partial charge is 0.492 e. The lowest BCUT2D eigenvalue weighted by atomic mass is 10.3. The molecule has 2 nitrogen and oxygen atoms in total. The Morgan fingerprint density at radius 1 is 1.29 bits per heavy atom. The molecule has 0 saturated heterocycles. The van der Waals surface area contributed by atoms with Crippen molar-refractivity contribution >= 4 is 23.2 Å². The number of nitrogens with one attached hydrogen (secondary N) is 1. The van der Waals surface area contributed by atoms with Crippen molar-refractivity contribution in [3.05, 3.63) is 40.9 Å². The van der Waals surface area contributed by atoms with Gasteiger partial charge in [-0.15, -0.1) is 6.58 Å². The molecule has 94 valence electrons. The highest BCUT2D eigenvalue weighted by Gasteiger charge is 2.01. The van der Waals surface area contributed by atoms with Crippen LogP contribution in [0.2, 0.25) is 10.0 Å². The molecule has 0 aliphatic heterocycles. The quantitative estimate of drug-likeness (QED) is 0.573. The molecule has 1 N–H and O–H groups in total. The van der Waals surface area contributed by atoms with E-state index in [9.17, 15) is 0 Å². The van der Waals surface area contributed by atoms with Crippen molar-refractivity contribution in [3.8, 4) is 5.75 Å². The molecular formula is C13H17Cl2NO. The van der Waals surface area contributed by atoms with Crippen LogP contribution in [-0.4, -0.2) is 19.7 Å². The fraction of sp³-hybridized carbons (Fsp3) is 0.385. The maximum absolute atomic E-state index is 5.97. The third-order valence-electron chi connectivity index (χ3n) is 2.19. The second-order valence-corrected chi connectivity index (χ2v) is 4.47. The summed E-state index contributed by atoms with van der Waals surface area (Å²) in [7, 11) is 0. The fourth-order valence-corrected chi connectivity index (χ4v) is 1.66. The van der Waals surface area contributed by atoms with Crippen molar-refractivity contribution in [2.75, 3.05) is 19.7 Å². The molecule has 0 unspecified atom stereocenters. The number of unbranched alkanes of at least 4 members (excludes halogenated alkanes) is 1. The Kier molecular flexibility index (Phi) is 7.10. The molecular weight excluding hydrogens is 257 g/mol. The molecule has 1 aromatic carbocycles. The highest BCUT2D eigenvalue weighted by atomic mass is 35.5. The van der Waals surface area contributed by atoms with Crippen molar-refractivity contribution < 1.29 is 4.74 Å². The Bertz CT molecular complexity index is 355. The first-order chi connectivity index (χ1) is 8.24. The van der Waals surface area contributed by atoms with E-state index in [-0.39, 0.29) is 0 Å². The van der Waals surface area contributed by atoms with Crippen LogP contribution in [0, 0.1) is 0 Å². The zero-order valence-corrected chi connectivity index (χ0v) is 11.2. The number of hydrogen-bond donors (Lipinski definition) is 1. The predicted octanol–water partition coefficient (Wildman–Crippen LogP) is 3.93. The fourth-order valence-electron chi connectivity index (χ4n) is 1.33. The van der Waals surface area contributed by atoms with E-state index in [2.05, 4.69) is 11.9 Å². The Hall–Kier alpha value is -0.700. The van der Waals surface area contributed by atoms with Gasteiger partial charge in [-0.25, -0.2) is 0 Å². The Labute approximate surface area is 113 Å². The average Bonchev–Trinajstić information content (AvgIpc) is 2.32. The van der Waals surface area contributed by atoms with Gasteiger partial charge < -0.3 is 10.1 Å². The topological polar surface area (TPSA) is 21.3 Å². The van der Waals surface area contributed by atoms with Crippen LogP contribution < -0.4 is 10.1 Å². The third-order valence-corrected chi connectivity index (χ3v) is 2.73. The predicted molar refractivity (Wildman–Crippen MR) is 74.3 cm³/mol. The smallest absolute Gasteiger partial charge is 0.139 e. The SMILES string of the molecule is C=CCNCCCCOc1cc(Cl)ccc1Cl. The van der Waals surface area contributed by atoms with Gasteiger partial charge in [-0.2, -0.15) is 0 Å². The number of halogens is 2. The monoisotopic (exact) mass is 273 g/mol. The highest BCUT2D eigenvalue weighted by molar-refractivity contribution is 6.34. The van der Waals surface area contributed by atoms with Gasteiger partial charge in [0.05, 0.1) is 11.6 Å². The summed E-state index contributed by atoms with van der Waals surface area (Å²) in [6.07, 6.45) is 3.89. The van der Waals surface area contributed by atoms with Crippen molar-refractivity contribution in [2.45, 2.75) is 12.8 Å². The molecule has 0 spiro atoms. The highest BCUT2D eigenvalue weighted by Crippen LogP contribution is 2.27. The lowest BCUT2D eigenvalue weighted by Gasteiger charge is -2.08. The number of benzene rings is 1. The molecule has 17 heavy (non-hydrogen) atoms. The first-order valence-electron chi connectivity index (χ1n) is 5.63.